The second kappa shape index (κ2) is 10.2. The first kappa shape index (κ1) is 23.1. The topological polar surface area (TPSA) is 88.9 Å². The van der Waals surface area contributed by atoms with Crippen molar-refractivity contribution >= 4 is 58.2 Å². The van der Waals surface area contributed by atoms with Crippen LogP contribution in [0.1, 0.15) is 17.0 Å². The van der Waals surface area contributed by atoms with Gasteiger partial charge in [0.2, 0.25) is 11.8 Å². The van der Waals surface area contributed by atoms with E-state index in [1.807, 2.05) is 32.0 Å². The number of halogens is 2. The molecular formula is C21H21Cl2N5O2S. The largest absolute Gasteiger partial charge is 0.326 e. The summed E-state index contributed by atoms with van der Waals surface area (Å²) in [6.07, 6.45) is 0.0707. The maximum atomic E-state index is 12.4. The molecule has 7 nitrogen and oxygen atoms in total. The Morgan fingerprint density at radius 1 is 1.03 bits per heavy atom. The van der Waals surface area contributed by atoms with E-state index in [1.54, 1.807) is 29.8 Å². The van der Waals surface area contributed by atoms with Crippen molar-refractivity contribution in [3.63, 3.8) is 0 Å². The zero-order valence-corrected chi connectivity index (χ0v) is 19.5. The lowest BCUT2D eigenvalue weighted by Gasteiger charge is -2.09. The van der Waals surface area contributed by atoms with E-state index in [9.17, 15) is 9.59 Å². The van der Waals surface area contributed by atoms with E-state index in [2.05, 4.69) is 20.8 Å². The van der Waals surface area contributed by atoms with Crippen LogP contribution >= 0.6 is 35.0 Å². The first-order valence-electron chi connectivity index (χ1n) is 9.36. The van der Waals surface area contributed by atoms with Crippen LogP contribution in [0.5, 0.6) is 0 Å². The highest BCUT2D eigenvalue weighted by atomic mass is 35.5. The second-order valence-electron chi connectivity index (χ2n) is 6.92. The Balaban J connectivity index is 1.55. The van der Waals surface area contributed by atoms with Crippen molar-refractivity contribution in [1.29, 1.82) is 0 Å². The zero-order valence-electron chi connectivity index (χ0n) is 17.2. The minimum absolute atomic E-state index is 0.0707. The van der Waals surface area contributed by atoms with Crippen molar-refractivity contribution in [3.8, 4) is 0 Å². The fourth-order valence-electron chi connectivity index (χ4n) is 2.71. The summed E-state index contributed by atoms with van der Waals surface area (Å²) < 4.78 is 1.70. The number of thioether (sulfide) groups is 1. The van der Waals surface area contributed by atoms with Gasteiger partial charge in [0.15, 0.2) is 5.16 Å². The first-order valence-corrected chi connectivity index (χ1v) is 11.1. The number of nitrogens with zero attached hydrogens (tertiary/aromatic N) is 3. The van der Waals surface area contributed by atoms with E-state index in [-0.39, 0.29) is 24.0 Å². The molecule has 0 spiro atoms. The predicted octanol–water partition coefficient (Wildman–Crippen LogP) is 4.65. The Hall–Kier alpha value is -2.55. The Bertz CT molecular complexity index is 1130. The number of aryl methyl sites for hydroxylation is 2. The molecule has 0 aliphatic rings. The molecule has 1 heterocycles. The van der Waals surface area contributed by atoms with Gasteiger partial charge in [-0.1, -0.05) is 47.1 Å². The Morgan fingerprint density at radius 2 is 1.81 bits per heavy atom. The van der Waals surface area contributed by atoms with Crippen molar-refractivity contribution in [2.24, 2.45) is 7.05 Å². The van der Waals surface area contributed by atoms with Crippen LogP contribution in [-0.2, 0) is 23.1 Å². The van der Waals surface area contributed by atoms with Crippen molar-refractivity contribution in [3.05, 3.63) is 63.4 Å². The molecule has 1 aromatic heterocycles. The molecule has 2 N–H and O–H groups in total. The Kier molecular flexibility index (Phi) is 7.59. The molecule has 0 radical (unpaired) electrons. The van der Waals surface area contributed by atoms with Crippen molar-refractivity contribution in [1.82, 2.24) is 14.8 Å². The minimum Gasteiger partial charge on any atom is -0.326 e. The van der Waals surface area contributed by atoms with Crippen LogP contribution in [-0.4, -0.2) is 32.3 Å². The molecule has 0 atom stereocenters. The van der Waals surface area contributed by atoms with Gasteiger partial charge in [0, 0.05) is 12.7 Å². The lowest BCUT2D eigenvalue weighted by atomic mass is 10.1. The maximum absolute atomic E-state index is 12.4. The molecule has 0 unspecified atom stereocenters. The third kappa shape index (κ3) is 6.00. The van der Waals surface area contributed by atoms with E-state index >= 15 is 0 Å². The van der Waals surface area contributed by atoms with Gasteiger partial charge < -0.3 is 15.2 Å². The van der Waals surface area contributed by atoms with Gasteiger partial charge in [-0.25, -0.2) is 0 Å². The number of hydrogen-bond acceptors (Lipinski definition) is 5. The lowest BCUT2D eigenvalue weighted by molar-refractivity contribution is -0.116. The molecule has 162 valence electrons. The van der Waals surface area contributed by atoms with E-state index in [1.165, 1.54) is 11.8 Å². The Morgan fingerprint density at radius 3 is 2.55 bits per heavy atom. The van der Waals surface area contributed by atoms with Gasteiger partial charge in [0.25, 0.3) is 0 Å². The van der Waals surface area contributed by atoms with Gasteiger partial charge in [-0.15, -0.1) is 10.2 Å². The standard InChI is InChI=1S/C21H21Cl2N5O2S/c1-12-7-8-14(9-13(12)2)24-18(29)10-17-26-27-21(28(17)3)31-11-19(30)25-16-6-4-5-15(22)20(16)23/h4-9H,10-11H2,1-3H3,(H,24,29)(H,25,30). The molecule has 31 heavy (non-hydrogen) atoms. The van der Waals surface area contributed by atoms with Crippen LogP contribution in [0.4, 0.5) is 11.4 Å². The molecule has 0 fully saturated rings. The minimum atomic E-state index is -0.258. The number of nitrogens with one attached hydrogen (secondary N) is 2. The average Bonchev–Trinajstić information content (AvgIpc) is 3.06. The molecule has 3 aromatic rings. The summed E-state index contributed by atoms with van der Waals surface area (Å²) in [4.78, 5) is 24.6. The zero-order chi connectivity index (χ0) is 22.5. The van der Waals surface area contributed by atoms with Gasteiger partial charge >= 0.3 is 0 Å². The van der Waals surface area contributed by atoms with Crippen LogP contribution in [0.25, 0.3) is 0 Å². The fourth-order valence-corrected chi connectivity index (χ4v) is 3.79. The van der Waals surface area contributed by atoms with E-state index < -0.39 is 0 Å². The summed E-state index contributed by atoms with van der Waals surface area (Å²) in [6, 6.07) is 10.8. The van der Waals surface area contributed by atoms with Crippen molar-refractivity contribution in [2.75, 3.05) is 16.4 Å². The summed E-state index contributed by atoms with van der Waals surface area (Å²) in [7, 11) is 1.76. The fraction of sp³-hybridized carbons (Fsp3) is 0.238. The molecule has 2 amide bonds. The number of anilines is 2. The quantitative estimate of drug-likeness (QED) is 0.483. The van der Waals surface area contributed by atoms with Crippen LogP contribution in [0.3, 0.4) is 0 Å². The molecule has 0 aliphatic carbocycles. The molecule has 10 heteroatoms. The summed E-state index contributed by atoms with van der Waals surface area (Å²) in [6.45, 7) is 4.01. The number of aromatic nitrogens is 3. The normalized spacial score (nSPS) is 10.7. The van der Waals surface area contributed by atoms with E-state index in [0.29, 0.717) is 26.7 Å². The summed E-state index contributed by atoms with van der Waals surface area (Å²) >= 11 is 13.3. The number of benzene rings is 2. The van der Waals surface area contributed by atoms with Gasteiger partial charge in [-0.05, 0) is 49.2 Å². The van der Waals surface area contributed by atoms with Crippen LogP contribution < -0.4 is 10.6 Å². The number of hydrogen-bond donors (Lipinski definition) is 2. The molecule has 0 aliphatic heterocycles. The highest BCUT2D eigenvalue weighted by Crippen LogP contribution is 2.29. The average molecular weight is 478 g/mol. The van der Waals surface area contributed by atoms with E-state index in [4.69, 9.17) is 23.2 Å². The lowest BCUT2D eigenvalue weighted by Crippen LogP contribution is -2.17. The maximum Gasteiger partial charge on any atom is 0.234 e. The van der Waals surface area contributed by atoms with Crippen molar-refractivity contribution < 1.29 is 9.59 Å². The highest BCUT2D eigenvalue weighted by molar-refractivity contribution is 7.99. The molecule has 0 bridgehead atoms. The molecular weight excluding hydrogens is 457 g/mol. The SMILES string of the molecule is Cc1ccc(NC(=O)Cc2nnc(SCC(=O)Nc3cccc(Cl)c3Cl)n2C)cc1C. The van der Waals surface area contributed by atoms with Gasteiger partial charge in [-0.3, -0.25) is 9.59 Å². The highest BCUT2D eigenvalue weighted by Gasteiger charge is 2.15. The third-order valence-corrected chi connectivity index (χ3v) is 6.43. The van der Waals surface area contributed by atoms with Crippen LogP contribution in [0.2, 0.25) is 10.0 Å². The first-order chi connectivity index (χ1) is 14.7. The smallest absolute Gasteiger partial charge is 0.234 e. The molecule has 0 saturated carbocycles. The summed E-state index contributed by atoms with van der Waals surface area (Å²) in [5.74, 6) is 0.154. The van der Waals surface area contributed by atoms with Crippen molar-refractivity contribution in [2.45, 2.75) is 25.4 Å². The van der Waals surface area contributed by atoms with Gasteiger partial charge in [0.1, 0.15) is 5.82 Å². The number of carbonyl (C=O) groups is 2. The van der Waals surface area contributed by atoms with Gasteiger partial charge in [-0.2, -0.15) is 0 Å². The molecule has 0 saturated heterocycles. The van der Waals surface area contributed by atoms with Crippen LogP contribution in [0.15, 0.2) is 41.6 Å². The number of carbonyl (C=O) groups excluding carboxylic acids is 2. The number of rotatable bonds is 7. The predicted molar refractivity (Wildman–Crippen MR) is 125 cm³/mol. The summed E-state index contributed by atoms with van der Waals surface area (Å²) in [5, 5.41) is 14.9. The van der Waals surface area contributed by atoms with Crippen LogP contribution in [0, 0.1) is 13.8 Å². The second-order valence-corrected chi connectivity index (χ2v) is 8.65. The van der Waals surface area contributed by atoms with Gasteiger partial charge in [0.05, 0.1) is 27.9 Å². The number of amides is 2. The summed E-state index contributed by atoms with van der Waals surface area (Å²) in [5.41, 5.74) is 3.45. The van der Waals surface area contributed by atoms with E-state index in [0.717, 1.165) is 16.8 Å². The third-order valence-electron chi connectivity index (χ3n) is 4.59. The molecule has 2 aromatic carbocycles. The monoisotopic (exact) mass is 477 g/mol. The Labute approximate surface area is 194 Å². The molecule has 3 rings (SSSR count).